The molecule has 8 heteroatoms. The average molecular weight is 461 g/mol. The first kappa shape index (κ1) is 22.7. The third-order valence-electron chi connectivity index (χ3n) is 5.34. The summed E-state index contributed by atoms with van der Waals surface area (Å²) in [5.74, 6) is 1.35. The Bertz CT molecular complexity index is 1420. The van der Waals surface area contributed by atoms with Gasteiger partial charge in [-0.05, 0) is 48.0 Å². The molecule has 0 saturated heterocycles. The molecule has 0 unspecified atom stereocenters. The summed E-state index contributed by atoms with van der Waals surface area (Å²) < 4.78 is 27.2. The summed E-state index contributed by atoms with van der Waals surface area (Å²) in [6, 6.07) is 16.6. The molecule has 0 aliphatic rings. The minimum atomic E-state index is -0.485. The SMILES string of the molecule is COc1ccc(C(=O)Nc2oc3ccccc3c(=O)c2-c2ccc(OC)c(OC)c2)cc1OC. The van der Waals surface area contributed by atoms with Crippen LogP contribution in [-0.2, 0) is 0 Å². The molecule has 0 aliphatic heterocycles. The van der Waals surface area contributed by atoms with Crippen LogP contribution >= 0.6 is 0 Å². The second kappa shape index (κ2) is 9.58. The van der Waals surface area contributed by atoms with Crippen molar-refractivity contribution in [2.75, 3.05) is 33.8 Å². The first-order chi connectivity index (χ1) is 16.5. The molecule has 0 bridgehead atoms. The van der Waals surface area contributed by atoms with Gasteiger partial charge in [-0.2, -0.15) is 0 Å². The van der Waals surface area contributed by atoms with Gasteiger partial charge in [0.1, 0.15) is 5.58 Å². The lowest BCUT2D eigenvalue weighted by atomic mass is 10.0. The molecule has 8 nitrogen and oxygen atoms in total. The number of ether oxygens (including phenoxy) is 4. The molecule has 1 aromatic heterocycles. The Morgan fingerprint density at radius 3 is 2.06 bits per heavy atom. The summed E-state index contributed by atoms with van der Waals surface area (Å²) in [4.78, 5) is 26.6. The summed E-state index contributed by atoms with van der Waals surface area (Å²) in [6.45, 7) is 0. The summed E-state index contributed by atoms with van der Waals surface area (Å²) in [7, 11) is 6.02. The van der Waals surface area contributed by atoms with Crippen molar-refractivity contribution in [3.63, 3.8) is 0 Å². The van der Waals surface area contributed by atoms with Crippen molar-refractivity contribution in [2.45, 2.75) is 0 Å². The van der Waals surface area contributed by atoms with E-state index in [1.807, 2.05) is 0 Å². The predicted octanol–water partition coefficient (Wildman–Crippen LogP) is 4.75. The molecule has 0 radical (unpaired) electrons. The van der Waals surface area contributed by atoms with Crippen LogP contribution in [0.4, 0.5) is 5.88 Å². The number of methoxy groups -OCH3 is 4. The van der Waals surface area contributed by atoms with E-state index in [4.69, 9.17) is 23.4 Å². The largest absolute Gasteiger partial charge is 0.493 e. The standard InChI is InChI=1S/C26H23NO7/c1-30-19-11-9-15(13-21(19)32-3)23-24(28)17-7-5-6-8-18(17)34-26(23)27-25(29)16-10-12-20(31-2)22(14-16)33-4/h5-14H,1-4H3,(H,27,29). The number of carbonyl (C=O) groups excluding carboxylic acids is 1. The van der Waals surface area contributed by atoms with Gasteiger partial charge in [-0.3, -0.25) is 14.9 Å². The van der Waals surface area contributed by atoms with Gasteiger partial charge in [0.15, 0.2) is 23.0 Å². The lowest BCUT2D eigenvalue weighted by Gasteiger charge is -2.14. The van der Waals surface area contributed by atoms with Crippen molar-refractivity contribution in [2.24, 2.45) is 0 Å². The zero-order chi connectivity index (χ0) is 24.2. The lowest BCUT2D eigenvalue weighted by Crippen LogP contribution is -2.16. The third-order valence-corrected chi connectivity index (χ3v) is 5.34. The van der Waals surface area contributed by atoms with E-state index in [1.54, 1.807) is 60.7 Å². The smallest absolute Gasteiger partial charge is 0.258 e. The van der Waals surface area contributed by atoms with Crippen LogP contribution in [0.1, 0.15) is 10.4 Å². The van der Waals surface area contributed by atoms with Crippen LogP contribution in [0, 0.1) is 0 Å². The average Bonchev–Trinajstić information content (AvgIpc) is 2.88. The molecule has 174 valence electrons. The topological polar surface area (TPSA) is 96.2 Å². The molecular weight excluding hydrogens is 438 g/mol. The van der Waals surface area contributed by atoms with Crippen molar-refractivity contribution in [1.82, 2.24) is 0 Å². The zero-order valence-electron chi connectivity index (χ0n) is 19.1. The van der Waals surface area contributed by atoms with E-state index in [1.165, 1.54) is 28.4 Å². The molecule has 1 amide bonds. The number of para-hydroxylation sites is 1. The molecule has 0 spiro atoms. The Labute approximate surface area is 195 Å². The van der Waals surface area contributed by atoms with Gasteiger partial charge in [-0.15, -0.1) is 0 Å². The number of anilines is 1. The van der Waals surface area contributed by atoms with E-state index in [0.29, 0.717) is 45.1 Å². The Kier molecular flexibility index (Phi) is 6.40. The fraction of sp³-hybridized carbons (Fsp3) is 0.154. The number of fused-ring (bicyclic) bond motifs is 1. The number of rotatable bonds is 7. The first-order valence-corrected chi connectivity index (χ1v) is 10.3. The van der Waals surface area contributed by atoms with Gasteiger partial charge in [0, 0.05) is 5.56 Å². The number of carbonyl (C=O) groups is 1. The maximum absolute atomic E-state index is 13.5. The van der Waals surface area contributed by atoms with Crippen molar-refractivity contribution in [3.05, 3.63) is 76.5 Å². The number of hydrogen-bond donors (Lipinski definition) is 1. The highest BCUT2D eigenvalue weighted by molar-refractivity contribution is 6.06. The fourth-order valence-corrected chi connectivity index (χ4v) is 3.64. The van der Waals surface area contributed by atoms with Gasteiger partial charge in [-0.1, -0.05) is 18.2 Å². The van der Waals surface area contributed by atoms with Gasteiger partial charge in [-0.25, -0.2) is 0 Å². The summed E-state index contributed by atoms with van der Waals surface area (Å²) in [5.41, 5.74) is 1.04. The van der Waals surface area contributed by atoms with Crippen molar-refractivity contribution in [1.29, 1.82) is 0 Å². The first-order valence-electron chi connectivity index (χ1n) is 10.3. The van der Waals surface area contributed by atoms with E-state index >= 15 is 0 Å². The summed E-state index contributed by atoms with van der Waals surface area (Å²) in [5, 5.41) is 3.12. The van der Waals surface area contributed by atoms with Gasteiger partial charge in [0.25, 0.3) is 5.91 Å². The maximum atomic E-state index is 13.5. The number of benzene rings is 3. The second-order valence-electron chi connectivity index (χ2n) is 7.23. The Balaban J connectivity index is 1.86. The molecule has 1 N–H and O–H groups in total. The molecule has 1 heterocycles. The lowest BCUT2D eigenvalue weighted by molar-refractivity contribution is 0.102. The third kappa shape index (κ3) is 4.13. The quantitative estimate of drug-likeness (QED) is 0.424. The monoisotopic (exact) mass is 461 g/mol. The molecule has 0 saturated carbocycles. The van der Waals surface area contributed by atoms with Crippen LogP contribution in [0.15, 0.2) is 69.9 Å². The molecule has 4 aromatic rings. The van der Waals surface area contributed by atoms with E-state index in [0.717, 1.165) is 0 Å². The molecule has 4 rings (SSSR count). The van der Waals surface area contributed by atoms with Gasteiger partial charge >= 0.3 is 0 Å². The van der Waals surface area contributed by atoms with Crippen LogP contribution in [0.2, 0.25) is 0 Å². The second-order valence-corrected chi connectivity index (χ2v) is 7.23. The minimum Gasteiger partial charge on any atom is -0.493 e. The molecule has 34 heavy (non-hydrogen) atoms. The predicted molar refractivity (Wildman–Crippen MR) is 129 cm³/mol. The molecule has 3 aromatic carbocycles. The van der Waals surface area contributed by atoms with Crippen LogP contribution in [0.25, 0.3) is 22.1 Å². The number of hydrogen-bond acceptors (Lipinski definition) is 7. The fourth-order valence-electron chi connectivity index (χ4n) is 3.64. The van der Waals surface area contributed by atoms with E-state index in [-0.39, 0.29) is 16.9 Å². The zero-order valence-corrected chi connectivity index (χ0v) is 19.1. The Hall–Kier alpha value is -4.46. The summed E-state index contributed by atoms with van der Waals surface area (Å²) >= 11 is 0. The van der Waals surface area contributed by atoms with Crippen molar-refractivity contribution < 1.29 is 28.2 Å². The maximum Gasteiger partial charge on any atom is 0.258 e. The molecule has 0 aliphatic carbocycles. The van der Waals surface area contributed by atoms with Crippen molar-refractivity contribution >= 4 is 22.8 Å². The summed E-state index contributed by atoms with van der Waals surface area (Å²) in [6.07, 6.45) is 0. The Morgan fingerprint density at radius 1 is 0.765 bits per heavy atom. The van der Waals surface area contributed by atoms with Gasteiger partial charge in [0.2, 0.25) is 11.3 Å². The van der Waals surface area contributed by atoms with Crippen LogP contribution in [-0.4, -0.2) is 34.3 Å². The van der Waals surface area contributed by atoms with E-state index in [9.17, 15) is 9.59 Å². The van der Waals surface area contributed by atoms with Crippen LogP contribution in [0.5, 0.6) is 23.0 Å². The van der Waals surface area contributed by atoms with Gasteiger partial charge < -0.3 is 23.4 Å². The van der Waals surface area contributed by atoms with Gasteiger partial charge in [0.05, 0.1) is 39.4 Å². The molecular formula is C26H23NO7. The van der Waals surface area contributed by atoms with Crippen LogP contribution < -0.4 is 29.7 Å². The highest BCUT2D eigenvalue weighted by Crippen LogP contribution is 2.35. The van der Waals surface area contributed by atoms with E-state index in [2.05, 4.69) is 5.32 Å². The molecule has 0 atom stereocenters. The highest BCUT2D eigenvalue weighted by Gasteiger charge is 2.21. The van der Waals surface area contributed by atoms with E-state index < -0.39 is 5.91 Å². The van der Waals surface area contributed by atoms with Crippen LogP contribution in [0.3, 0.4) is 0 Å². The van der Waals surface area contributed by atoms with Crippen molar-refractivity contribution in [3.8, 4) is 34.1 Å². The molecule has 0 fully saturated rings. The number of amides is 1. The minimum absolute atomic E-state index is 0.00991. The number of nitrogens with one attached hydrogen (secondary N) is 1. The Morgan fingerprint density at radius 2 is 1.38 bits per heavy atom. The highest BCUT2D eigenvalue weighted by atomic mass is 16.5. The normalized spacial score (nSPS) is 10.6.